The maximum absolute atomic E-state index is 13.0. The van der Waals surface area contributed by atoms with Crippen LogP contribution in [0.3, 0.4) is 0 Å². The molecule has 0 aromatic heterocycles. The molecule has 0 spiro atoms. The Labute approximate surface area is 220 Å². The summed E-state index contributed by atoms with van der Waals surface area (Å²) in [6, 6.07) is -2.49. The largest absolute Gasteiger partial charge is 0.456 e. The highest BCUT2D eigenvalue weighted by atomic mass is 33.1. The van der Waals surface area contributed by atoms with E-state index in [0.717, 1.165) is 0 Å². The number of cyclic esters (lactones) is 1. The first-order chi connectivity index (χ1) is 17.0. The van der Waals surface area contributed by atoms with Crippen LogP contribution in [0.4, 0.5) is 0 Å². The van der Waals surface area contributed by atoms with Gasteiger partial charge in [0.1, 0.15) is 24.1 Å². The molecule has 1 aliphatic rings. The summed E-state index contributed by atoms with van der Waals surface area (Å²) in [6.45, 7) is 8.69. The van der Waals surface area contributed by atoms with Gasteiger partial charge in [0, 0.05) is 11.5 Å². The molecule has 202 valence electrons. The van der Waals surface area contributed by atoms with Crippen molar-refractivity contribution in [3.05, 3.63) is 23.9 Å². The van der Waals surface area contributed by atoms with Gasteiger partial charge in [-0.25, -0.2) is 4.79 Å². The van der Waals surface area contributed by atoms with Gasteiger partial charge in [0.25, 0.3) is 5.91 Å². The molecule has 1 rings (SSSR count). The Morgan fingerprint density at radius 2 is 1.94 bits per heavy atom. The van der Waals surface area contributed by atoms with Crippen LogP contribution in [0.2, 0.25) is 0 Å². The maximum atomic E-state index is 13.0. The van der Waals surface area contributed by atoms with Crippen molar-refractivity contribution in [3.63, 3.8) is 0 Å². The summed E-state index contributed by atoms with van der Waals surface area (Å²) < 4.78 is 5.62. The topological polar surface area (TPSA) is 157 Å². The molecule has 0 radical (unpaired) electrons. The second-order valence-electron chi connectivity index (χ2n) is 8.97. The molecule has 0 fully saturated rings. The third kappa shape index (κ3) is 11.2. The molecule has 0 aromatic rings. The van der Waals surface area contributed by atoms with Gasteiger partial charge in [-0.05, 0) is 31.3 Å². The number of esters is 1. The first-order valence-electron chi connectivity index (χ1n) is 11.9. The highest BCUT2D eigenvalue weighted by Crippen LogP contribution is 2.23. The van der Waals surface area contributed by atoms with Gasteiger partial charge in [0.05, 0.1) is 18.5 Å². The maximum Gasteiger partial charge on any atom is 0.329 e. The van der Waals surface area contributed by atoms with Gasteiger partial charge in [-0.15, -0.1) is 0 Å². The Morgan fingerprint density at radius 1 is 1.25 bits per heavy atom. The fourth-order valence-corrected chi connectivity index (χ4v) is 5.09. The Balaban J connectivity index is 3.13. The predicted molar refractivity (Wildman–Crippen MR) is 143 cm³/mol. The summed E-state index contributed by atoms with van der Waals surface area (Å²) in [5, 5.41) is 7.78. The molecular weight excluding hydrogens is 504 g/mol. The number of allylic oxidation sites excluding steroid dienone is 2. The lowest BCUT2D eigenvalue weighted by Crippen LogP contribution is -2.50. The van der Waals surface area contributed by atoms with Gasteiger partial charge in [-0.2, -0.15) is 0 Å². The number of amides is 3. The van der Waals surface area contributed by atoms with Crippen molar-refractivity contribution in [3.8, 4) is 0 Å². The van der Waals surface area contributed by atoms with Gasteiger partial charge in [0.2, 0.25) is 11.8 Å². The first kappa shape index (κ1) is 31.7. The van der Waals surface area contributed by atoms with E-state index in [9.17, 15) is 24.0 Å². The van der Waals surface area contributed by atoms with Crippen molar-refractivity contribution in [2.45, 2.75) is 71.7 Å². The van der Waals surface area contributed by atoms with E-state index in [1.165, 1.54) is 27.7 Å². The van der Waals surface area contributed by atoms with Crippen LogP contribution in [0.1, 0.15) is 47.5 Å². The van der Waals surface area contributed by atoms with Gasteiger partial charge >= 0.3 is 5.97 Å². The Kier molecular flexibility index (Phi) is 14.5. The van der Waals surface area contributed by atoms with E-state index < -0.39 is 47.9 Å². The van der Waals surface area contributed by atoms with E-state index in [2.05, 4.69) is 16.0 Å². The van der Waals surface area contributed by atoms with Crippen molar-refractivity contribution >= 4 is 51.6 Å². The molecule has 3 amide bonds. The zero-order valence-corrected chi connectivity index (χ0v) is 23.1. The summed E-state index contributed by atoms with van der Waals surface area (Å²) in [5.74, 6) is -1.68. The minimum Gasteiger partial charge on any atom is -0.456 e. The van der Waals surface area contributed by atoms with E-state index in [0.29, 0.717) is 24.2 Å². The lowest BCUT2D eigenvalue weighted by atomic mass is 10.0. The third-order valence-electron chi connectivity index (χ3n) is 5.23. The highest BCUT2D eigenvalue weighted by Gasteiger charge is 2.30. The number of nitrogens with one attached hydrogen (secondary N) is 3. The Bertz CT molecular complexity index is 846. The average molecular weight is 543 g/mol. The number of aldehydes is 1. The van der Waals surface area contributed by atoms with Crippen molar-refractivity contribution in [2.24, 2.45) is 17.6 Å². The van der Waals surface area contributed by atoms with Crippen LogP contribution < -0.4 is 21.7 Å². The van der Waals surface area contributed by atoms with Gasteiger partial charge < -0.3 is 31.2 Å². The summed E-state index contributed by atoms with van der Waals surface area (Å²) in [4.78, 5) is 62.1. The molecule has 0 saturated heterocycles. The molecule has 0 bridgehead atoms. The average Bonchev–Trinajstić information content (AvgIpc) is 2.81. The number of rotatable bonds is 6. The van der Waals surface area contributed by atoms with Gasteiger partial charge in [-0.3, -0.25) is 14.4 Å². The quantitative estimate of drug-likeness (QED) is 0.128. The first-order valence-corrected chi connectivity index (χ1v) is 14.4. The van der Waals surface area contributed by atoms with Crippen molar-refractivity contribution in [1.29, 1.82) is 0 Å². The SMILES string of the molecule is C/C=C1\NC(=O)C(N)CSSCC/C=C/C(CC(=O)NC(C=O)C(C)C)OC(=O)C(C(C)C)NC1=O. The molecule has 0 aliphatic carbocycles. The monoisotopic (exact) mass is 542 g/mol. The number of nitrogens with two attached hydrogens (primary N) is 1. The number of carbonyl (C=O) groups is 5. The van der Waals surface area contributed by atoms with Crippen molar-refractivity contribution in [1.82, 2.24) is 16.0 Å². The van der Waals surface area contributed by atoms with Crippen LogP contribution in [-0.4, -0.2) is 65.7 Å². The normalized spacial score (nSPS) is 25.9. The number of ether oxygens (including phenoxy) is 1. The molecule has 4 atom stereocenters. The second kappa shape index (κ2) is 16.4. The summed E-state index contributed by atoms with van der Waals surface area (Å²) in [5.41, 5.74) is 5.92. The van der Waals surface area contributed by atoms with E-state index in [1.807, 2.05) is 19.9 Å². The zero-order valence-electron chi connectivity index (χ0n) is 21.4. The Hall–Kier alpha value is -2.31. The summed E-state index contributed by atoms with van der Waals surface area (Å²) in [7, 11) is 2.96. The molecule has 0 aromatic carbocycles. The van der Waals surface area contributed by atoms with Crippen molar-refractivity contribution in [2.75, 3.05) is 11.5 Å². The highest BCUT2D eigenvalue weighted by molar-refractivity contribution is 8.76. The second-order valence-corrected chi connectivity index (χ2v) is 11.6. The van der Waals surface area contributed by atoms with Crippen LogP contribution in [0, 0.1) is 11.8 Å². The molecule has 36 heavy (non-hydrogen) atoms. The number of hydrogen-bond donors (Lipinski definition) is 4. The van der Waals surface area contributed by atoms with Gasteiger partial charge in [0.15, 0.2) is 0 Å². The number of carbonyl (C=O) groups excluding carboxylic acids is 5. The summed E-state index contributed by atoms with van der Waals surface area (Å²) in [6.07, 6.45) is 5.11. The molecule has 1 aliphatic heterocycles. The van der Waals surface area contributed by atoms with Crippen molar-refractivity contribution < 1.29 is 28.7 Å². The van der Waals surface area contributed by atoms with E-state index in [1.54, 1.807) is 26.8 Å². The van der Waals surface area contributed by atoms with Crippen LogP contribution in [0.5, 0.6) is 0 Å². The standard InChI is InChI=1S/C24H38N4O6S2/c1-6-18-23(32)28-21(15(4)5)24(33)34-16(11-20(30)26-19(12-29)14(2)3)9-7-8-10-35-36-13-17(25)22(31)27-18/h6-7,9,12,14-17,19,21H,8,10-11,13,25H2,1-5H3,(H,26,30)(H,27,31)(H,28,32)/b9-7+,18-6-. The molecular formula is C24H38N4O6S2. The van der Waals surface area contributed by atoms with E-state index in [4.69, 9.17) is 10.5 Å². The molecule has 10 nitrogen and oxygen atoms in total. The summed E-state index contributed by atoms with van der Waals surface area (Å²) >= 11 is 0. The van der Waals surface area contributed by atoms with Crippen LogP contribution >= 0.6 is 21.6 Å². The fraction of sp³-hybridized carbons (Fsp3) is 0.625. The minimum atomic E-state index is -1.03. The lowest BCUT2D eigenvalue weighted by Gasteiger charge is -2.24. The smallest absolute Gasteiger partial charge is 0.329 e. The molecule has 4 unspecified atom stereocenters. The van der Waals surface area contributed by atoms with Crippen LogP contribution in [0.25, 0.3) is 0 Å². The van der Waals surface area contributed by atoms with Crippen LogP contribution in [0.15, 0.2) is 23.9 Å². The van der Waals surface area contributed by atoms with Gasteiger partial charge in [-0.1, -0.05) is 61.4 Å². The van der Waals surface area contributed by atoms with Crippen LogP contribution in [-0.2, 0) is 28.7 Å². The van der Waals surface area contributed by atoms with E-state index in [-0.39, 0.29) is 24.0 Å². The zero-order chi connectivity index (χ0) is 27.3. The lowest BCUT2D eigenvalue weighted by molar-refractivity contribution is -0.153. The Morgan fingerprint density at radius 3 is 2.53 bits per heavy atom. The third-order valence-corrected chi connectivity index (χ3v) is 7.70. The minimum absolute atomic E-state index is 0.0275. The fourth-order valence-electron chi connectivity index (χ4n) is 2.98. The molecule has 12 heteroatoms. The molecule has 1 heterocycles. The molecule has 5 N–H and O–H groups in total. The predicted octanol–water partition coefficient (Wildman–Crippen LogP) is 1.46. The number of hydrogen-bond acceptors (Lipinski definition) is 9. The van der Waals surface area contributed by atoms with E-state index >= 15 is 0 Å². The molecule has 0 saturated carbocycles.